The Balaban J connectivity index is 2.50. The van der Waals surface area contributed by atoms with Gasteiger partial charge in [-0.2, -0.15) is 4.37 Å². The lowest BCUT2D eigenvalue weighted by molar-refractivity contribution is 0.602. The van der Waals surface area contributed by atoms with Crippen LogP contribution in [0, 0.1) is 0 Å². The summed E-state index contributed by atoms with van der Waals surface area (Å²) in [5, 5.41) is 0. The highest BCUT2D eigenvalue weighted by molar-refractivity contribution is 7.92. The smallest absolute Gasteiger partial charge is 0.186 e. The van der Waals surface area contributed by atoms with E-state index in [9.17, 15) is 8.42 Å². The second-order valence-corrected chi connectivity index (χ2v) is 6.71. The van der Waals surface area contributed by atoms with Gasteiger partial charge in [0.2, 0.25) is 0 Å². The van der Waals surface area contributed by atoms with Gasteiger partial charge in [-0.05, 0) is 37.2 Å². The molecule has 0 radical (unpaired) electrons. The summed E-state index contributed by atoms with van der Waals surface area (Å²) in [6, 6.07) is 0. The summed E-state index contributed by atoms with van der Waals surface area (Å²) < 4.78 is 27.6. The van der Waals surface area contributed by atoms with Crippen molar-refractivity contribution < 1.29 is 8.42 Å². The number of fused-ring (bicyclic) bond motifs is 1. The summed E-state index contributed by atoms with van der Waals surface area (Å²) >= 11 is 1.14. The maximum Gasteiger partial charge on any atom is 0.186 e. The molecule has 1 aliphatic carbocycles. The van der Waals surface area contributed by atoms with Crippen molar-refractivity contribution in [3.05, 3.63) is 11.3 Å². The van der Waals surface area contributed by atoms with Crippen LogP contribution in [0.25, 0.3) is 0 Å². The van der Waals surface area contributed by atoms with Crippen LogP contribution in [0.1, 0.15) is 30.5 Å². The molecule has 5 heteroatoms. The van der Waals surface area contributed by atoms with Gasteiger partial charge < -0.3 is 0 Å². The SMILES string of the molecule is CS(=O)(=O)c1snc2c1CCCCC2. The lowest BCUT2D eigenvalue weighted by Gasteiger charge is -1.99. The van der Waals surface area contributed by atoms with E-state index in [1.54, 1.807) is 0 Å². The van der Waals surface area contributed by atoms with Gasteiger partial charge in [0, 0.05) is 11.8 Å². The summed E-state index contributed by atoms with van der Waals surface area (Å²) in [5.74, 6) is 0. The van der Waals surface area contributed by atoms with Crippen molar-refractivity contribution in [2.75, 3.05) is 6.26 Å². The molecule has 0 unspecified atom stereocenters. The first-order chi connectivity index (χ1) is 6.59. The first-order valence-electron chi connectivity index (χ1n) is 4.76. The maximum atomic E-state index is 11.4. The van der Waals surface area contributed by atoms with E-state index >= 15 is 0 Å². The molecule has 0 saturated carbocycles. The number of rotatable bonds is 1. The molecule has 1 aromatic rings. The normalized spacial score (nSPS) is 17.5. The highest BCUT2D eigenvalue weighted by atomic mass is 32.2. The molecule has 1 aromatic heterocycles. The Kier molecular flexibility index (Phi) is 2.62. The van der Waals surface area contributed by atoms with Crippen LogP contribution in [0.15, 0.2) is 4.21 Å². The summed E-state index contributed by atoms with van der Waals surface area (Å²) in [7, 11) is -3.06. The van der Waals surface area contributed by atoms with Gasteiger partial charge in [-0.3, -0.25) is 0 Å². The van der Waals surface area contributed by atoms with Crippen LogP contribution in [-0.2, 0) is 22.7 Å². The Morgan fingerprint density at radius 1 is 1.21 bits per heavy atom. The van der Waals surface area contributed by atoms with Crippen LogP contribution in [0.5, 0.6) is 0 Å². The molecule has 0 fully saturated rings. The molecule has 1 aliphatic rings. The highest BCUT2D eigenvalue weighted by Crippen LogP contribution is 2.29. The van der Waals surface area contributed by atoms with Gasteiger partial charge in [-0.1, -0.05) is 6.42 Å². The quantitative estimate of drug-likeness (QED) is 0.693. The first-order valence-corrected chi connectivity index (χ1v) is 7.43. The second-order valence-electron chi connectivity index (χ2n) is 3.73. The van der Waals surface area contributed by atoms with Gasteiger partial charge in [0.1, 0.15) is 4.21 Å². The van der Waals surface area contributed by atoms with Gasteiger partial charge in [0.05, 0.1) is 5.69 Å². The number of hydrogen-bond acceptors (Lipinski definition) is 4. The Bertz CT molecular complexity index is 434. The monoisotopic (exact) mass is 231 g/mol. The molecule has 0 atom stereocenters. The van der Waals surface area contributed by atoms with E-state index in [0.717, 1.165) is 48.5 Å². The van der Waals surface area contributed by atoms with Crippen LogP contribution >= 0.6 is 11.5 Å². The van der Waals surface area contributed by atoms with Gasteiger partial charge in [-0.25, -0.2) is 8.42 Å². The minimum Gasteiger partial charge on any atom is -0.223 e. The number of nitrogens with zero attached hydrogens (tertiary/aromatic N) is 1. The molecule has 0 spiro atoms. The molecule has 0 saturated heterocycles. The molecule has 0 aliphatic heterocycles. The number of aryl methyl sites for hydroxylation is 1. The van der Waals surface area contributed by atoms with Crippen molar-refractivity contribution in [2.24, 2.45) is 0 Å². The molecule has 0 N–H and O–H groups in total. The van der Waals surface area contributed by atoms with E-state index < -0.39 is 9.84 Å². The number of hydrogen-bond donors (Lipinski definition) is 0. The minimum absolute atomic E-state index is 0.495. The molecule has 14 heavy (non-hydrogen) atoms. The third kappa shape index (κ3) is 1.83. The van der Waals surface area contributed by atoms with Crippen LogP contribution in [0.3, 0.4) is 0 Å². The lowest BCUT2D eigenvalue weighted by atomic mass is 10.2. The Hall–Kier alpha value is -0.420. The predicted octanol–water partition coefficient (Wildman–Crippen LogP) is 1.82. The van der Waals surface area contributed by atoms with Crippen molar-refractivity contribution >= 4 is 21.4 Å². The van der Waals surface area contributed by atoms with Gasteiger partial charge >= 0.3 is 0 Å². The van der Waals surface area contributed by atoms with Crippen molar-refractivity contribution in [1.82, 2.24) is 4.37 Å². The Morgan fingerprint density at radius 3 is 2.64 bits per heavy atom. The fraction of sp³-hybridized carbons (Fsp3) is 0.667. The standard InChI is InChI=1S/C9H13NO2S2/c1-14(11,12)9-7-5-3-2-4-6-8(7)10-13-9/h2-6H2,1H3. The van der Waals surface area contributed by atoms with Crippen LogP contribution in [-0.4, -0.2) is 19.0 Å². The van der Waals surface area contributed by atoms with Crippen LogP contribution in [0.2, 0.25) is 0 Å². The van der Waals surface area contributed by atoms with Gasteiger partial charge in [0.25, 0.3) is 0 Å². The Morgan fingerprint density at radius 2 is 1.93 bits per heavy atom. The van der Waals surface area contributed by atoms with Crippen molar-refractivity contribution in [3.63, 3.8) is 0 Å². The van der Waals surface area contributed by atoms with Crippen molar-refractivity contribution in [2.45, 2.75) is 36.3 Å². The van der Waals surface area contributed by atoms with E-state index in [-0.39, 0.29) is 0 Å². The summed E-state index contributed by atoms with van der Waals surface area (Å²) in [6.45, 7) is 0. The molecule has 2 rings (SSSR count). The molecule has 0 amide bonds. The maximum absolute atomic E-state index is 11.4. The average molecular weight is 231 g/mol. The number of aromatic nitrogens is 1. The molecular weight excluding hydrogens is 218 g/mol. The molecule has 3 nitrogen and oxygen atoms in total. The zero-order valence-corrected chi connectivity index (χ0v) is 9.75. The predicted molar refractivity (Wildman–Crippen MR) is 56.5 cm³/mol. The minimum atomic E-state index is -3.06. The van der Waals surface area contributed by atoms with Gasteiger partial charge in [0.15, 0.2) is 9.84 Å². The summed E-state index contributed by atoms with van der Waals surface area (Å²) in [5.41, 5.74) is 2.02. The van der Waals surface area contributed by atoms with E-state index in [1.165, 1.54) is 12.7 Å². The van der Waals surface area contributed by atoms with Crippen molar-refractivity contribution in [1.29, 1.82) is 0 Å². The Labute approximate surface area is 88.2 Å². The highest BCUT2D eigenvalue weighted by Gasteiger charge is 2.22. The topological polar surface area (TPSA) is 47.0 Å². The van der Waals surface area contributed by atoms with E-state index in [4.69, 9.17) is 0 Å². The molecule has 78 valence electrons. The summed E-state index contributed by atoms with van der Waals surface area (Å²) in [6.07, 6.45) is 6.51. The molecular formula is C9H13NO2S2. The van der Waals surface area contributed by atoms with Crippen molar-refractivity contribution in [3.8, 4) is 0 Å². The third-order valence-corrected chi connectivity index (χ3v) is 5.29. The lowest BCUT2D eigenvalue weighted by Crippen LogP contribution is -1.99. The van der Waals surface area contributed by atoms with Crippen LogP contribution in [0.4, 0.5) is 0 Å². The average Bonchev–Trinajstić information content (AvgIpc) is 2.36. The largest absolute Gasteiger partial charge is 0.223 e. The van der Waals surface area contributed by atoms with Crippen LogP contribution < -0.4 is 0 Å². The van der Waals surface area contributed by atoms with E-state index in [0.29, 0.717) is 4.21 Å². The molecule has 0 bridgehead atoms. The van der Waals surface area contributed by atoms with E-state index in [2.05, 4.69) is 4.37 Å². The van der Waals surface area contributed by atoms with E-state index in [1.807, 2.05) is 0 Å². The molecule has 0 aromatic carbocycles. The summed E-state index contributed by atoms with van der Waals surface area (Å²) in [4.78, 5) is 0. The zero-order valence-electron chi connectivity index (χ0n) is 8.12. The number of sulfone groups is 1. The first kappa shape index (κ1) is 10.1. The fourth-order valence-electron chi connectivity index (χ4n) is 1.83. The third-order valence-electron chi connectivity index (χ3n) is 2.51. The second kappa shape index (κ2) is 3.62. The fourth-order valence-corrected chi connectivity index (χ4v) is 3.88. The van der Waals surface area contributed by atoms with Gasteiger partial charge in [-0.15, -0.1) is 0 Å². The zero-order chi connectivity index (χ0) is 10.2. The molecule has 1 heterocycles.